The van der Waals surface area contributed by atoms with Crippen molar-refractivity contribution in [3.8, 4) is 0 Å². The number of ether oxygens (including phenoxy) is 2. The second-order valence-corrected chi connectivity index (χ2v) is 6.76. The average Bonchev–Trinajstić information content (AvgIpc) is 2.86. The molecule has 1 aliphatic heterocycles. The monoisotopic (exact) mass is 350 g/mol. The molecular weight excluding hydrogens is 324 g/mol. The van der Waals surface area contributed by atoms with Gasteiger partial charge in [0, 0.05) is 12.0 Å². The van der Waals surface area contributed by atoms with E-state index in [1.165, 1.54) is 0 Å². The summed E-state index contributed by atoms with van der Waals surface area (Å²) in [7, 11) is 0. The second-order valence-electron chi connectivity index (χ2n) is 6.76. The van der Waals surface area contributed by atoms with Crippen molar-refractivity contribution in [2.45, 2.75) is 45.3 Å². The Labute approximate surface area is 147 Å². The highest BCUT2D eigenvalue weighted by Gasteiger charge is 2.44. The van der Waals surface area contributed by atoms with Gasteiger partial charge >= 0.3 is 11.9 Å². The summed E-state index contributed by atoms with van der Waals surface area (Å²) >= 11 is 0. The number of aliphatic hydroxyl groups is 2. The molecule has 6 heteroatoms. The molecule has 0 radical (unpaired) electrons. The predicted molar refractivity (Wildman–Crippen MR) is 91.4 cm³/mol. The molecule has 1 aliphatic carbocycles. The van der Waals surface area contributed by atoms with Gasteiger partial charge in [0.25, 0.3) is 0 Å². The van der Waals surface area contributed by atoms with Crippen molar-refractivity contribution >= 4 is 11.9 Å². The van der Waals surface area contributed by atoms with Crippen molar-refractivity contribution < 1.29 is 29.3 Å². The molecule has 25 heavy (non-hydrogen) atoms. The lowest BCUT2D eigenvalue weighted by Crippen LogP contribution is -2.35. The van der Waals surface area contributed by atoms with Crippen LogP contribution < -0.4 is 0 Å². The molecule has 0 aromatic carbocycles. The van der Waals surface area contributed by atoms with Crippen LogP contribution in [0.15, 0.2) is 35.5 Å². The molecule has 138 valence electrons. The van der Waals surface area contributed by atoms with Gasteiger partial charge in [-0.1, -0.05) is 18.2 Å². The molecule has 2 N–H and O–H groups in total. The Morgan fingerprint density at radius 3 is 2.84 bits per heavy atom. The number of allylic oxidation sites excluding steroid dienone is 1. The van der Waals surface area contributed by atoms with Crippen LogP contribution >= 0.6 is 0 Å². The van der Waals surface area contributed by atoms with Gasteiger partial charge in [-0.3, -0.25) is 4.79 Å². The number of aliphatic hydroxyl groups excluding tert-OH is 2. The van der Waals surface area contributed by atoms with E-state index in [9.17, 15) is 19.8 Å². The first kappa shape index (κ1) is 19.4. The Morgan fingerprint density at radius 1 is 1.48 bits per heavy atom. The van der Waals surface area contributed by atoms with Crippen LogP contribution in [-0.4, -0.2) is 47.6 Å². The zero-order valence-electron chi connectivity index (χ0n) is 14.7. The Morgan fingerprint density at radius 2 is 2.20 bits per heavy atom. The molecule has 0 amide bonds. The molecule has 6 nitrogen and oxygen atoms in total. The number of esters is 2. The molecule has 2 aliphatic rings. The highest BCUT2D eigenvalue weighted by atomic mass is 16.6. The highest BCUT2D eigenvalue weighted by molar-refractivity contribution is 5.91. The largest absolute Gasteiger partial charge is 0.461 e. The summed E-state index contributed by atoms with van der Waals surface area (Å²) in [5.41, 5.74) is 2.07. The predicted octanol–water partition coefficient (Wildman–Crippen LogP) is 1.67. The fourth-order valence-corrected chi connectivity index (χ4v) is 3.11. The first-order chi connectivity index (χ1) is 11.9. The first-order valence-corrected chi connectivity index (χ1v) is 8.54. The summed E-state index contributed by atoms with van der Waals surface area (Å²) in [4.78, 5) is 24.2. The zero-order chi connectivity index (χ0) is 18.6. The smallest absolute Gasteiger partial charge is 0.334 e. The number of hydrogen-bond donors (Lipinski definition) is 2. The van der Waals surface area contributed by atoms with E-state index >= 15 is 0 Å². The molecule has 2 rings (SSSR count). The molecule has 1 saturated heterocycles. The molecule has 0 bridgehead atoms. The van der Waals surface area contributed by atoms with Gasteiger partial charge in [-0.2, -0.15) is 0 Å². The summed E-state index contributed by atoms with van der Waals surface area (Å²) < 4.78 is 11.0. The van der Waals surface area contributed by atoms with Crippen LogP contribution in [0.1, 0.15) is 33.1 Å². The standard InChI is InChI=1S/C19H26O6/c1-11-5-4-6-14(10-21)8-16-17(13(3)19(23)25-16)15(7-11)24-18(22)12(2)9-20/h5,8,12,15-17,20-21H,3-4,6-7,9-10H2,1-2H3/b11-5+,14-8-/t12?,15-,16+,17+/m0/s1. The van der Waals surface area contributed by atoms with E-state index in [4.69, 9.17) is 9.47 Å². The SMILES string of the molecule is C=C1C(=O)O[C@@H]2/C=C(\CO)CC/C=C(\C)C[C@H](OC(=O)C(C)CO)[C@@H]12. The van der Waals surface area contributed by atoms with Crippen molar-refractivity contribution in [3.05, 3.63) is 35.5 Å². The van der Waals surface area contributed by atoms with E-state index < -0.39 is 36.0 Å². The molecule has 1 unspecified atom stereocenters. The fraction of sp³-hybridized carbons (Fsp3) is 0.579. The van der Waals surface area contributed by atoms with E-state index in [2.05, 4.69) is 6.58 Å². The zero-order valence-corrected chi connectivity index (χ0v) is 14.7. The van der Waals surface area contributed by atoms with Gasteiger partial charge in [-0.05, 0) is 38.3 Å². The van der Waals surface area contributed by atoms with Crippen LogP contribution in [0, 0.1) is 11.8 Å². The molecular formula is C19H26O6. The first-order valence-electron chi connectivity index (χ1n) is 8.54. The average molecular weight is 350 g/mol. The van der Waals surface area contributed by atoms with Crippen LogP contribution in [0.3, 0.4) is 0 Å². The minimum atomic E-state index is -0.645. The lowest BCUT2D eigenvalue weighted by atomic mass is 9.85. The molecule has 1 fully saturated rings. The van der Waals surface area contributed by atoms with E-state index in [0.29, 0.717) is 12.8 Å². The topological polar surface area (TPSA) is 93.1 Å². The number of rotatable bonds is 4. The summed E-state index contributed by atoms with van der Waals surface area (Å²) in [5, 5.41) is 18.7. The minimum Gasteiger partial charge on any atom is -0.461 e. The third-order valence-electron chi connectivity index (χ3n) is 4.69. The molecule has 0 aromatic rings. The third kappa shape index (κ3) is 4.58. The van der Waals surface area contributed by atoms with Crippen molar-refractivity contribution in [1.82, 2.24) is 0 Å². The quantitative estimate of drug-likeness (QED) is 0.455. The van der Waals surface area contributed by atoms with E-state index in [1.54, 1.807) is 13.0 Å². The lowest BCUT2D eigenvalue weighted by molar-refractivity contribution is -0.157. The highest BCUT2D eigenvalue weighted by Crippen LogP contribution is 2.36. The Bertz CT molecular complexity index is 603. The van der Waals surface area contributed by atoms with Crippen molar-refractivity contribution in [2.24, 2.45) is 11.8 Å². The van der Waals surface area contributed by atoms with Gasteiger partial charge in [0.05, 0.1) is 25.0 Å². The maximum atomic E-state index is 12.2. The second kappa shape index (κ2) is 8.45. The van der Waals surface area contributed by atoms with Gasteiger partial charge in [-0.15, -0.1) is 0 Å². The molecule has 0 aromatic heterocycles. The van der Waals surface area contributed by atoms with Crippen molar-refractivity contribution in [3.63, 3.8) is 0 Å². The van der Waals surface area contributed by atoms with Crippen LogP contribution in [0.25, 0.3) is 0 Å². The normalized spacial score (nSPS) is 32.6. The Balaban J connectivity index is 2.37. The van der Waals surface area contributed by atoms with Crippen molar-refractivity contribution in [2.75, 3.05) is 13.2 Å². The Kier molecular flexibility index (Phi) is 6.56. The third-order valence-corrected chi connectivity index (χ3v) is 4.69. The minimum absolute atomic E-state index is 0.119. The van der Waals surface area contributed by atoms with E-state index in [1.807, 2.05) is 13.0 Å². The Hall–Kier alpha value is -1.92. The molecule has 0 spiro atoms. The van der Waals surface area contributed by atoms with Gasteiger partial charge in [0.15, 0.2) is 0 Å². The maximum absolute atomic E-state index is 12.2. The summed E-state index contributed by atoms with van der Waals surface area (Å²) in [5.74, 6) is -2.19. The lowest BCUT2D eigenvalue weighted by Gasteiger charge is -2.28. The van der Waals surface area contributed by atoms with Gasteiger partial charge in [-0.25, -0.2) is 4.79 Å². The van der Waals surface area contributed by atoms with Crippen LogP contribution in [0.5, 0.6) is 0 Å². The number of carbonyl (C=O) groups excluding carboxylic acids is 2. The number of fused-ring (bicyclic) bond motifs is 1. The summed E-state index contributed by atoms with van der Waals surface area (Å²) in [6.07, 6.45) is 4.44. The fourth-order valence-electron chi connectivity index (χ4n) is 3.11. The number of carbonyl (C=O) groups is 2. The molecule has 4 atom stereocenters. The van der Waals surface area contributed by atoms with E-state index in [-0.39, 0.29) is 18.8 Å². The molecule has 1 heterocycles. The van der Waals surface area contributed by atoms with Crippen LogP contribution in [-0.2, 0) is 19.1 Å². The van der Waals surface area contributed by atoms with Crippen LogP contribution in [0.2, 0.25) is 0 Å². The van der Waals surface area contributed by atoms with Gasteiger partial charge in [0.1, 0.15) is 12.2 Å². The van der Waals surface area contributed by atoms with E-state index in [0.717, 1.165) is 17.6 Å². The van der Waals surface area contributed by atoms with Gasteiger partial charge < -0.3 is 19.7 Å². The number of hydrogen-bond acceptors (Lipinski definition) is 6. The van der Waals surface area contributed by atoms with Gasteiger partial charge in [0.2, 0.25) is 0 Å². The molecule has 0 saturated carbocycles. The van der Waals surface area contributed by atoms with Crippen LogP contribution in [0.4, 0.5) is 0 Å². The summed E-state index contributed by atoms with van der Waals surface area (Å²) in [6.45, 7) is 6.91. The summed E-state index contributed by atoms with van der Waals surface area (Å²) in [6, 6.07) is 0. The van der Waals surface area contributed by atoms with Crippen molar-refractivity contribution in [1.29, 1.82) is 0 Å². The maximum Gasteiger partial charge on any atom is 0.334 e.